The second-order valence-corrected chi connectivity index (χ2v) is 10.0. The fraction of sp³-hybridized carbons (Fsp3) is 0.172. The normalized spacial score (nSPS) is 11.3. The lowest BCUT2D eigenvalue weighted by molar-refractivity contribution is 0.288. The topological polar surface area (TPSA) is 130 Å². The predicted octanol–water partition coefficient (Wildman–Crippen LogP) is 5.19. The third-order valence-corrected chi connectivity index (χ3v) is 7.03. The van der Waals surface area contributed by atoms with Crippen LogP contribution in [0.5, 0.6) is 5.88 Å². The number of aryl methyl sites for hydroxylation is 1. The molecule has 224 valence electrons. The minimum atomic E-state index is -0.779. The molecule has 0 amide bonds. The number of aromatic nitrogens is 8. The SMILES string of the molecule is CCn1cncc1Cn1c(Cc2cc(F)c(-c3cccc(OCc4ccc(Cl)cc4F)n3)cc2F)nnc1-c1n[nH]c(=O)o1. The summed E-state index contributed by atoms with van der Waals surface area (Å²) in [6, 6.07) is 10.9. The van der Waals surface area contributed by atoms with Crippen LogP contribution in [0, 0.1) is 17.5 Å². The van der Waals surface area contributed by atoms with Crippen LogP contribution in [0.3, 0.4) is 0 Å². The van der Waals surface area contributed by atoms with E-state index in [4.69, 9.17) is 20.8 Å². The maximum absolute atomic E-state index is 15.5. The van der Waals surface area contributed by atoms with E-state index in [1.54, 1.807) is 23.2 Å². The monoisotopic (exact) mass is 622 g/mol. The molecule has 0 atom stereocenters. The third-order valence-electron chi connectivity index (χ3n) is 6.79. The number of ether oxygens (including phenoxy) is 1. The van der Waals surface area contributed by atoms with Crippen molar-refractivity contribution in [2.45, 2.75) is 33.0 Å². The number of aromatic amines is 1. The van der Waals surface area contributed by atoms with Gasteiger partial charge in [0.1, 0.15) is 29.9 Å². The van der Waals surface area contributed by atoms with Gasteiger partial charge >= 0.3 is 5.76 Å². The van der Waals surface area contributed by atoms with Gasteiger partial charge in [0.2, 0.25) is 11.7 Å². The summed E-state index contributed by atoms with van der Waals surface area (Å²) in [7, 11) is 0. The molecule has 0 aliphatic rings. The molecule has 0 aliphatic heterocycles. The zero-order chi connectivity index (χ0) is 30.8. The van der Waals surface area contributed by atoms with Crippen LogP contribution in [0.25, 0.3) is 23.0 Å². The standard InChI is InChI=1S/C29H22ClF3N8O3/c1-2-40-15-34-12-19(40)13-41-25(36-37-27(41)28-38-39-29(42)44-28)9-17-8-23(33)20(11-22(17)32)24-4-3-5-26(35-24)43-14-16-6-7-18(30)10-21(16)31/h3-8,10-12,15H,2,9,13-14H2,1H3,(H,39,42). The Morgan fingerprint density at radius 1 is 1.02 bits per heavy atom. The van der Waals surface area contributed by atoms with Gasteiger partial charge in [-0.3, -0.25) is 0 Å². The van der Waals surface area contributed by atoms with Crippen LogP contribution >= 0.6 is 11.6 Å². The molecule has 0 bridgehead atoms. The summed E-state index contributed by atoms with van der Waals surface area (Å²) in [4.78, 5) is 20.0. The maximum atomic E-state index is 15.5. The number of nitrogens with one attached hydrogen (secondary N) is 1. The Hall–Kier alpha value is -5.24. The molecule has 0 unspecified atom stereocenters. The molecule has 0 saturated heterocycles. The first-order valence-electron chi connectivity index (χ1n) is 13.3. The number of hydrogen-bond donors (Lipinski definition) is 1. The van der Waals surface area contributed by atoms with Crippen LogP contribution in [-0.4, -0.2) is 39.5 Å². The molecule has 0 aliphatic carbocycles. The smallest absolute Gasteiger partial charge is 0.434 e. The van der Waals surface area contributed by atoms with Gasteiger partial charge in [0.15, 0.2) is 0 Å². The average molecular weight is 623 g/mol. The predicted molar refractivity (Wildman–Crippen MR) is 151 cm³/mol. The van der Waals surface area contributed by atoms with Gasteiger partial charge in [0, 0.05) is 41.4 Å². The average Bonchev–Trinajstić information content (AvgIpc) is 3.75. The fourth-order valence-corrected chi connectivity index (χ4v) is 4.73. The van der Waals surface area contributed by atoms with Gasteiger partial charge in [-0.05, 0) is 42.8 Å². The molecular weight excluding hydrogens is 601 g/mol. The van der Waals surface area contributed by atoms with Crippen molar-refractivity contribution in [3.8, 4) is 28.9 Å². The van der Waals surface area contributed by atoms with Gasteiger partial charge in [-0.1, -0.05) is 23.7 Å². The van der Waals surface area contributed by atoms with E-state index in [9.17, 15) is 9.18 Å². The zero-order valence-electron chi connectivity index (χ0n) is 23.0. The highest BCUT2D eigenvalue weighted by Crippen LogP contribution is 2.28. The molecule has 0 fully saturated rings. The molecule has 15 heteroatoms. The van der Waals surface area contributed by atoms with Crippen LogP contribution in [0.1, 0.15) is 29.6 Å². The Balaban J connectivity index is 1.27. The highest BCUT2D eigenvalue weighted by molar-refractivity contribution is 6.30. The summed E-state index contributed by atoms with van der Waals surface area (Å²) in [6.45, 7) is 2.64. The number of rotatable bonds is 10. The lowest BCUT2D eigenvalue weighted by Gasteiger charge is -2.12. The van der Waals surface area contributed by atoms with E-state index in [0.29, 0.717) is 6.54 Å². The second-order valence-electron chi connectivity index (χ2n) is 9.60. The maximum Gasteiger partial charge on any atom is 0.434 e. The van der Waals surface area contributed by atoms with Crippen LogP contribution in [0.4, 0.5) is 13.2 Å². The molecule has 0 radical (unpaired) electrons. The summed E-state index contributed by atoms with van der Waals surface area (Å²) < 4.78 is 59.2. The van der Waals surface area contributed by atoms with E-state index in [0.717, 1.165) is 17.8 Å². The molecule has 6 aromatic rings. The van der Waals surface area contributed by atoms with Crippen LogP contribution in [0.15, 0.2) is 70.3 Å². The molecule has 6 rings (SSSR count). The van der Waals surface area contributed by atoms with Gasteiger partial charge in [0.05, 0.1) is 24.3 Å². The summed E-state index contributed by atoms with van der Waals surface area (Å²) in [5.41, 5.74) is 1.06. The number of hydrogen-bond acceptors (Lipinski definition) is 8. The largest absolute Gasteiger partial charge is 0.473 e. The van der Waals surface area contributed by atoms with E-state index in [2.05, 4.69) is 30.4 Å². The van der Waals surface area contributed by atoms with Gasteiger partial charge in [-0.25, -0.2) is 33.0 Å². The minimum Gasteiger partial charge on any atom is -0.473 e. The lowest BCUT2D eigenvalue weighted by atomic mass is 10.0. The van der Waals surface area contributed by atoms with Crippen molar-refractivity contribution in [3.63, 3.8) is 0 Å². The molecular formula is C29H22ClF3N8O3. The third kappa shape index (κ3) is 5.97. The molecule has 4 aromatic heterocycles. The number of H-pyrrole nitrogens is 1. The van der Waals surface area contributed by atoms with Crippen molar-refractivity contribution in [1.29, 1.82) is 0 Å². The molecule has 4 heterocycles. The van der Waals surface area contributed by atoms with Gasteiger partial charge in [-0.15, -0.1) is 15.3 Å². The summed E-state index contributed by atoms with van der Waals surface area (Å²) in [5.74, 6) is -2.38. The van der Waals surface area contributed by atoms with E-state index < -0.39 is 23.2 Å². The van der Waals surface area contributed by atoms with Gasteiger partial charge in [0.25, 0.3) is 5.89 Å². The quantitative estimate of drug-likeness (QED) is 0.221. The highest BCUT2D eigenvalue weighted by Gasteiger charge is 2.22. The number of pyridine rings is 1. The van der Waals surface area contributed by atoms with Crippen molar-refractivity contribution < 1.29 is 22.3 Å². The molecule has 0 saturated carbocycles. The van der Waals surface area contributed by atoms with Crippen LogP contribution in [-0.2, 0) is 26.1 Å². The first-order valence-corrected chi connectivity index (χ1v) is 13.7. The Labute approximate surface area is 252 Å². The van der Waals surface area contributed by atoms with E-state index >= 15 is 8.78 Å². The minimum absolute atomic E-state index is 0.00421. The number of imidazole rings is 1. The lowest BCUT2D eigenvalue weighted by Crippen LogP contribution is -2.12. The number of halogens is 4. The Morgan fingerprint density at radius 2 is 1.86 bits per heavy atom. The second kappa shape index (κ2) is 12.2. The Morgan fingerprint density at radius 3 is 2.64 bits per heavy atom. The molecule has 2 aromatic carbocycles. The fourth-order valence-electron chi connectivity index (χ4n) is 4.57. The summed E-state index contributed by atoms with van der Waals surface area (Å²) >= 11 is 5.79. The van der Waals surface area contributed by atoms with E-state index in [1.165, 1.54) is 30.3 Å². The van der Waals surface area contributed by atoms with Crippen molar-refractivity contribution in [3.05, 3.63) is 117 Å². The first kappa shape index (κ1) is 28.9. The van der Waals surface area contributed by atoms with Crippen molar-refractivity contribution in [2.75, 3.05) is 0 Å². The zero-order valence-corrected chi connectivity index (χ0v) is 23.7. The van der Waals surface area contributed by atoms with Crippen molar-refractivity contribution in [1.82, 2.24) is 39.5 Å². The Bertz CT molecular complexity index is 2020. The Kier molecular flexibility index (Phi) is 7.98. The summed E-state index contributed by atoms with van der Waals surface area (Å²) in [5, 5.41) is 14.5. The van der Waals surface area contributed by atoms with Crippen molar-refractivity contribution >= 4 is 11.6 Å². The highest BCUT2D eigenvalue weighted by atomic mass is 35.5. The van der Waals surface area contributed by atoms with Gasteiger partial charge in [-0.2, -0.15) is 0 Å². The van der Waals surface area contributed by atoms with E-state index in [-0.39, 0.29) is 70.4 Å². The first-order chi connectivity index (χ1) is 21.3. The molecule has 0 spiro atoms. The molecule has 11 nitrogen and oxygen atoms in total. The summed E-state index contributed by atoms with van der Waals surface area (Å²) in [6.07, 6.45) is 3.17. The number of nitrogens with zero attached hydrogens (tertiary/aromatic N) is 7. The molecule has 44 heavy (non-hydrogen) atoms. The van der Waals surface area contributed by atoms with Crippen LogP contribution in [0.2, 0.25) is 5.02 Å². The number of benzene rings is 2. The van der Waals surface area contributed by atoms with E-state index in [1.807, 2.05) is 11.5 Å². The van der Waals surface area contributed by atoms with Crippen molar-refractivity contribution in [2.24, 2.45) is 0 Å². The van der Waals surface area contributed by atoms with Crippen LogP contribution < -0.4 is 10.5 Å². The molecule has 1 N–H and O–H groups in total. The van der Waals surface area contributed by atoms with Gasteiger partial charge < -0.3 is 18.3 Å².